The molecule has 132 valence electrons. The highest BCUT2D eigenvalue weighted by molar-refractivity contribution is 7.90. The fourth-order valence-corrected chi connectivity index (χ4v) is 3.81. The van der Waals surface area contributed by atoms with Gasteiger partial charge in [0.15, 0.2) is 0 Å². The minimum absolute atomic E-state index is 0.00932. The normalized spacial score (nSPS) is 16.8. The van der Waals surface area contributed by atoms with Gasteiger partial charge >= 0.3 is 0 Å². The molecule has 0 aliphatic carbocycles. The van der Waals surface area contributed by atoms with Crippen molar-refractivity contribution in [3.05, 3.63) is 47.2 Å². The molecule has 6 nitrogen and oxygen atoms in total. The number of halogens is 2. The molecule has 1 aliphatic rings. The Hall–Kier alpha value is -2.16. The molecule has 2 aromatic rings. The Labute approximate surface area is 149 Å². The highest BCUT2D eigenvalue weighted by Crippen LogP contribution is 2.37. The van der Waals surface area contributed by atoms with Gasteiger partial charge < -0.3 is 10.1 Å². The molecule has 1 aliphatic heterocycles. The molecular weight excluding hydrogens is 369 g/mol. The first-order chi connectivity index (χ1) is 11.9. The molecule has 1 heterocycles. The highest BCUT2D eigenvalue weighted by Gasteiger charge is 2.29. The number of methoxy groups -OCH3 is 1. The van der Waals surface area contributed by atoms with Gasteiger partial charge in [0.25, 0.3) is 10.0 Å². The molecule has 0 aromatic heterocycles. The van der Waals surface area contributed by atoms with Gasteiger partial charge in [0, 0.05) is 18.2 Å². The summed E-state index contributed by atoms with van der Waals surface area (Å²) in [7, 11) is -2.30. The van der Waals surface area contributed by atoms with Crippen LogP contribution in [0, 0.1) is 5.82 Å². The van der Waals surface area contributed by atoms with E-state index in [1.165, 1.54) is 25.3 Å². The number of nitrogens with one attached hydrogen (secondary N) is 2. The number of guanidine groups is 1. The van der Waals surface area contributed by atoms with E-state index < -0.39 is 15.8 Å². The molecule has 9 heteroatoms. The summed E-state index contributed by atoms with van der Waals surface area (Å²) in [5.74, 6) is -0.562. The number of rotatable bonds is 4. The first-order valence-corrected chi connectivity index (χ1v) is 9.21. The standard InChI is InChI=1S/C16H15ClFN3O3S/c1-24-9-8-19-16-20-15-11(10-4-2-6-12(17)14(10)18)5-3-7-13(15)25(22,23)21-16/h2-7H,8-9H2,1H3,(H2,19,20,21). The van der Waals surface area contributed by atoms with Gasteiger partial charge in [-0.2, -0.15) is 0 Å². The second-order valence-electron chi connectivity index (χ2n) is 5.23. The number of fused-ring (bicyclic) bond motifs is 1. The van der Waals surface area contributed by atoms with Crippen molar-refractivity contribution in [2.75, 3.05) is 25.6 Å². The summed E-state index contributed by atoms with van der Waals surface area (Å²) in [6, 6.07) is 9.16. The van der Waals surface area contributed by atoms with E-state index in [0.29, 0.717) is 12.2 Å². The summed E-state index contributed by atoms with van der Waals surface area (Å²) in [5, 5.41) is 2.88. The third-order valence-electron chi connectivity index (χ3n) is 3.60. The summed E-state index contributed by atoms with van der Waals surface area (Å²) in [6.07, 6.45) is 0. The number of aliphatic imine (C=N–C) groups is 1. The molecule has 0 radical (unpaired) electrons. The molecule has 2 aromatic carbocycles. The molecular formula is C16H15ClFN3O3S. The van der Waals surface area contributed by atoms with Crippen LogP contribution >= 0.6 is 11.6 Å². The number of nitrogens with zero attached hydrogens (tertiary/aromatic N) is 1. The van der Waals surface area contributed by atoms with E-state index in [1.807, 2.05) is 0 Å². The molecule has 3 rings (SSSR count). The molecule has 0 saturated heterocycles. The molecule has 0 amide bonds. The summed E-state index contributed by atoms with van der Waals surface area (Å²) >= 11 is 5.85. The van der Waals surface area contributed by atoms with Crippen LogP contribution in [-0.4, -0.2) is 34.6 Å². The lowest BCUT2D eigenvalue weighted by Gasteiger charge is -2.24. The van der Waals surface area contributed by atoms with Gasteiger partial charge in [0.2, 0.25) is 5.96 Å². The SMILES string of the molecule is COCCN=C1Nc2c(-c3cccc(Cl)c3F)cccc2S(=O)(=O)N1. The number of benzene rings is 2. The predicted octanol–water partition coefficient (Wildman–Crippen LogP) is 2.85. The second-order valence-corrected chi connectivity index (χ2v) is 7.29. The van der Waals surface area contributed by atoms with E-state index in [9.17, 15) is 12.8 Å². The van der Waals surface area contributed by atoms with Crippen molar-refractivity contribution in [1.29, 1.82) is 0 Å². The van der Waals surface area contributed by atoms with Crippen molar-refractivity contribution in [1.82, 2.24) is 4.72 Å². The first kappa shape index (κ1) is 17.7. The maximum atomic E-state index is 14.4. The van der Waals surface area contributed by atoms with Gasteiger partial charge in [0.1, 0.15) is 10.7 Å². The third kappa shape index (κ3) is 3.46. The summed E-state index contributed by atoms with van der Waals surface area (Å²) in [4.78, 5) is 4.12. The van der Waals surface area contributed by atoms with Crippen molar-refractivity contribution in [2.24, 2.45) is 4.99 Å². The highest BCUT2D eigenvalue weighted by atomic mass is 35.5. The number of anilines is 1. The lowest BCUT2D eigenvalue weighted by molar-refractivity contribution is 0.208. The Morgan fingerprint density at radius 3 is 2.68 bits per heavy atom. The van der Waals surface area contributed by atoms with Crippen LogP contribution in [0.25, 0.3) is 11.1 Å². The average molecular weight is 384 g/mol. The molecule has 0 saturated carbocycles. The molecule has 0 bridgehead atoms. The predicted molar refractivity (Wildman–Crippen MR) is 95.0 cm³/mol. The van der Waals surface area contributed by atoms with Gasteiger partial charge in [-0.15, -0.1) is 0 Å². The van der Waals surface area contributed by atoms with Gasteiger partial charge in [0.05, 0.1) is 23.9 Å². The van der Waals surface area contributed by atoms with Crippen LogP contribution in [0.3, 0.4) is 0 Å². The Balaban J connectivity index is 2.14. The molecule has 0 unspecified atom stereocenters. The van der Waals surface area contributed by atoms with Crippen LogP contribution in [0.15, 0.2) is 46.3 Å². The summed E-state index contributed by atoms with van der Waals surface area (Å²) < 4.78 is 46.6. The zero-order valence-corrected chi connectivity index (χ0v) is 14.8. The molecule has 25 heavy (non-hydrogen) atoms. The minimum Gasteiger partial charge on any atom is -0.383 e. The van der Waals surface area contributed by atoms with Crippen molar-refractivity contribution in [3.8, 4) is 11.1 Å². The smallest absolute Gasteiger partial charge is 0.266 e. The van der Waals surface area contributed by atoms with Crippen molar-refractivity contribution in [3.63, 3.8) is 0 Å². The Morgan fingerprint density at radius 1 is 1.20 bits per heavy atom. The monoisotopic (exact) mass is 383 g/mol. The van der Waals surface area contributed by atoms with Crippen molar-refractivity contribution < 1.29 is 17.5 Å². The van der Waals surface area contributed by atoms with Gasteiger partial charge in [-0.05, 0) is 12.1 Å². The fourth-order valence-electron chi connectivity index (χ4n) is 2.47. The maximum Gasteiger partial charge on any atom is 0.266 e. The van der Waals surface area contributed by atoms with Crippen LogP contribution in [-0.2, 0) is 14.8 Å². The van der Waals surface area contributed by atoms with Gasteiger partial charge in [-0.3, -0.25) is 0 Å². The lowest BCUT2D eigenvalue weighted by Crippen LogP contribution is -2.41. The van der Waals surface area contributed by atoms with E-state index in [-0.39, 0.29) is 33.7 Å². The number of hydrogen-bond acceptors (Lipinski definition) is 4. The Bertz CT molecular complexity index is 948. The zero-order chi connectivity index (χ0) is 18.0. The number of sulfonamides is 1. The quantitative estimate of drug-likeness (QED) is 0.796. The van der Waals surface area contributed by atoms with E-state index in [4.69, 9.17) is 16.3 Å². The molecule has 0 atom stereocenters. The number of hydrogen-bond donors (Lipinski definition) is 2. The fraction of sp³-hybridized carbons (Fsp3) is 0.188. The second kappa shape index (κ2) is 6.99. The van der Waals surface area contributed by atoms with E-state index in [1.54, 1.807) is 18.2 Å². The largest absolute Gasteiger partial charge is 0.383 e. The Morgan fingerprint density at radius 2 is 1.92 bits per heavy atom. The third-order valence-corrected chi connectivity index (χ3v) is 5.27. The van der Waals surface area contributed by atoms with Crippen LogP contribution in [0.1, 0.15) is 0 Å². The van der Waals surface area contributed by atoms with Crippen molar-refractivity contribution >= 4 is 33.3 Å². The van der Waals surface area contributed by atoms with Gasteiger partial charge in [-0.25, -0.2) is 22.5 Å². The van der Waals surface area contributed by atoms with Crippen molar-refractivity contribution in [2.45, 2.75) is 4.90 Å². The number of para-hydroxylation sites is 1. The van der Waals surface area contributed by atoms with Crippen LogP contribution < -0.4 is 10.0 Å². The van der Waals surface area contributed by atoms with Crippen LogP contribution in [0.5, 0.6) is 0 Å². The van der Waals surface area contributed by atoms with Crippen LogP contribution in [0.4, 0.5) is 10.1 Å². The van der Waals surface area contributed by atoms with E-state index in [0.717, 1.165) is 0 Å². The minimum atomic E-state index is -3.82. The lowest BCUT2D eigenvalue weighted by atomic mass is 10.0. The zero-order valence-electron chi connectivity index (χ0n) is 13.2. The number of ether oxygens (including phenoxy) is 1. The molecule has 0 fully saturated rings. The summed E-state index contributed by atoms with van der Waals surface area (Å²) in [6.45, 7) is 0.606. The van der Waals surface area contributed by atoms with E-state index in [2.05, 4.69) is 15.0 Å². The molecule has 0 spiro atoms. The molecule has 2 N–H and O–H groups in total. The maximum absolute atomic E-state index is 14.4. The summed E-state index contributed by atoms with van der Waals surface area (Å²) in [5.41, 5.74) is 0.825. The first-order valence-electron chi connectivity index (χ1n) is 7.34. The average Bonchev–Trinajstić information content (AvgIpc) is 2.57. The van der Waals surface area contributed by atoms with Crippen LogP contribution in [0.2, 0.25) is 5.02 Å². The van der Waals surface area contributed by atoms with Gasteiger partial charge in [-0.1, -0.05) is 35.9 Å². The topological polar surface area (TPSA) is 79.8 Å². The Kier molecular flexibility index (Phi) is 4.94. The van der Waals surface area contributed by atoms with E-state index >= 15 is 0 Å².